The molecule has 5 rings (SSSR count). The molecule has 0 aliphatic heterocycles. The van der Waals surface area contributed by atoms with Gasteiger partial charge in [0.2, 0.25) is 5.78 Å². The third kappa shape index (κ3) is 3.20. The second-order valence-electron chi connectivity index (χ2n) is 8.32. The topological polar surface area (TPSA) is 84.7 Å². The Labute approximate surface area is 195 Å². The first kappa shape index (κ1) is 21.6. The molecule has 9 nitrogen and oxygen atoms in total. The molecule has 0 aliphatic rings. The summed E-state index contributed by atoms with van der Waals surface area (Å²) in [4.78, 5) is 31.4. The Morgan fingerprint density at radius 3 is 2.38 bits per heavy atom. The molecule has 0 radical (unpaired) electrons. The Hall–Kier alpha value is -4.27. The average molecular weight is 460 g/mol. The standard InChI is InChI=1S/C25H25N5O4/c1-15-6-8-17(9-7-15)14-29-23(31)21-22(27(3)25(29)32)26-24-28(21)13-16(2)30(24)19-11-10-18(33-4)12-20(19)34-5/h6-13H,14H2,1-5H3. The number of hydrogen-bond acceptors (Lipinski definition) is 5. The van der Waals surface area contributed by atoms with Crippen LogP contribution >= 0.6 is 0 Å². The van der Waals surface area contributed by atoms with Crippen molar-refractivity contribution in [1.82, 2.24) is 23.1 Å². The summed E-state index contributed by atoms with van der Waals surface area (Å²) in [5, 5.41) is 0. The summed E-state index contributed by atoms with van der Waals surface area (Å²) in [6.45, 7) is 4.10. The van der Waals surface area contributed by atoms with E-state index in [-0.39, 0.29) is 12.1 Å². The van der Waals surface area contributed by atoms with Gasteiger partial charge in [-0.1, -0.05) is 29.8 Å². The van der Waals surface area contributed by atoms with Crippen molar-refractivity contribution in [2.45, 2.75) is 20.4 Å². The number of rotatable bonds is 5. The van der Waals surface area contributed by atoms with Crippen LogP contribution in [0.25, 0.3) is 22.6 Å². The van der Waals surface area contributed by atoms with Gasteiger partial charge in [-0.3, -0.25) is 22.9 Å². The second kappa shape index (κ2) is 7.95. The fraction of sp³-hybridized carbons (Fsp3) is 0.240. The Kier molecular flexibility index (Phi) is 5.04. The lowest BCUT2D eigenvalue weighted by Crippen LogP contribution is -2.39. The number of benzene rings is 2. The molecular formula is C25H25N5O4. The molecule has 0 saturated carbocycles. The minimum atomic E-state index is -0.413. The van der Waals surface area contributed by atoms with Crippen LogP contribution in [0.15, 0.2) is 58.3 Å². The maximum absolute atomic E-state index is 13.5. The van der Waals surface area contributed by atoms with Gasteiger partial charge < -0.3 is 9.47 Å². The van der Waals surface area contributed by atoms with Crippen molar-refractivity contribution in [3.8, 4) is 17.2 Å². The zero-order chi connectivity index (χ0) is 24.1. The van der Waals surface area contributed by atoms with Crippen LogP contribution in [0.5, 0.6) is 11.5 Å². The van der Waals surface area contributed by atoms with E-state index in [0.717, 1.165) is 22.5 Å². The molecule has 0 fully saturated rings. The lowest BCUT2D eigenvalue weighted by atomic mass is 10.1. The predicted molar refractivity (Wildman–Crippen MR) is 130 cm³/mol. The number of fused-ring (bicyclic) bond motifs is 3. The molecule has 174 valence electrons. The Morgan fingerprint density at radius 2 is 1.71 bits per heavy atom. The zero-order valence-electron chi connectivity index (χ0n) is 19.7. The molecule has 3 heterocycles. The van der Waals surface area contributed by atoms with Gasteiger partial charge in [0.25, 0.3) is 5.56 Å². The van der Waals surface area contributed by atoms with Crippen molar-refractivity contribution in [3.05, 3.63) is 86.3 Å². The van der Waals surface area contributed by atoms with Crippen LogP contribution in [0.4, 0.5) is 0 Å². The van der Waals surface area contributed by atoms with Crippen LogP contribution in [0.1, 0.15) is 16.8 Å². The third-order valence-electron chi connectivity index (χ3n) is 6.12. The number of methoxy groups -OCH3 is 2. The Balaban J connectivity index is 1.77. The van der Waals surface area contributed by atoms with Crippen LogP contribution in [0.3, 0.4) is 0 Å². The van der Waals surface area contributed by atoms with Gasteiger partial charge in [0.05, 0.1) is 26.5 Å². The van der Waals surface area contributed by atoms with Gasteiger partial charge in [0.15, 0.2) is 11.2 Å². The fourth-order valence-corrected chi connectivity index (χ4v) is 4.29. The van der Waals surface area contributed by atoms with E-state index in [1.807, 2.05) is 61.0 Å². The fourth-order valence-electron chi connectivity index (χ4n) is 4.29. The van der Waals surface area contributed by atoms with Gasteiger partial charge in [0, 0.05) is 25.0 Å². The average Bonchev–Trinajstić information content (AvgIpc) is 3.35. The summed E-state index contributed by atoms with van der Waals surface area (Å²) in [6, 6.07) is 13.3. The lowest BCUT2D eigenvalue weighted by molar-refractivity contribution is 0.393. The van der Waals surface area contributed by atoms with Crippen molar-refractivity contribution >= 4 is 16.9 Å². The van der Waals surface area contributed by atoms with Crippen molar-refractivity contribution in [1.29, 1.82) is 0 Å². The summed E-state index contributed by atoms with van der Waals surface area (Å²) in [5.41, 5.74) is 3.46. The van der Waals surface area contributed by atoms with Crippen molar-refractivity contribution in [2.24, 2.45) is 7.05 Å². The number of ether oxygens (including phenoxy) is 2. The van der Waals surface area contributed by atoms with E-state index in [9.17, 15) is 9.59 Å². The smallest absolute Gasteiger partial charge is 0.332 e. The van der Waals surface area contributed by atoms with Crippen molar-refractivity contribution in [2.75, 3.05) is 14.2 Å². The molecule has 3 aromatic heterocycles. The second-order valence-corrected chi connectivity index (χ2v) is 8.32. The first-order valence-corrected chi connectivity index (χ1v) is 10.8. The van der Waals surface area contributed by atoms with Crippen molar-refractivity contribution < 1.29 is 9.47 Å². The molecule has 2 aromatic carbocycles. The molecule has 0 N–H and O–H groups in total. The molecule has 5 aromatic rings. The molecule has 0 unspecified atom stereocenters. The summed E-state index contributed by atoms with van der Waals surface area (Å²) in [6.07, 6.45) is 1.84. The molecule has 9 heteroatoms. The maximum Gasteiger partial charge on any atom is 0.332 e. The van der Waals surface area contributed by atoms with Gasteiger partial charge in [-0.25, -0.2) is 4.79 Å². The van der Waals surface area contributed by atoms with E-state index >= 15 is 0 Å². The molecule has 0 aliphatic carbocycles. The molecule has 0 atom stereocenters. The number of imidazole rings is 2. The zero-order valence-corrected chi connectivity index (χ0v) is 19.7. The minimum Gasteiger partial charge on any atom is -0.497 e. The molecule has 0 spiro atoms. The Bertz CT molecular complexity index is 1670. The predicted octanol–water partition coefficient (Wildman–Crippen LogP) is 2.82. The lowest BCUT2D eigenvalue weighted by Gasteiger charge is -2.12. The van der Waals surface area contributed by atoms with Crippen LogP contribution in [-0.4, -0.2) is 37.3 Å². The first-order valence-electron chi connectivity index (χ1n) is 10.8. The van der Waals surface area contributed by atoms with E-state index in [4.69, 9.17) is 14.5 Å². The van der Waals surface area contributed by atoms with Crippen LogP contribution in [0.2, 0.25) is 0 Å². The first-order chi connectivity index (χ1) is 16.3. The van der Waals surface area contributed by atoms with E-state index in [0.29, 0.717) is 28.4 Å². The summed E-state index contributed by atoms with van der Waals surface area (Å²) in [7, 11) is 4.81. The van der Waals surface area contributed by atoms with Crippen LogP contribution < -0.4 is 20.7 Å². The van der Waals surface area contributed by atoms with Crippen LogP contribution in [-0.2, 0) is 13.6 Å². The highest BCUT2D eigenvalue weighted by molar-refractivity contribution is 5.77. The van der Waals surface area contributed by atoms with E-state index in [2.05, 4.69) is 0 Å². The van der Waals surface area contributed by atoms with Gasteiger partial charge >= 0.3 is 5.69 Å². The highest BCUT2D eigenvalue weighted by atomic mass is 16.5. The molecular weight excluding hydrogens is 434 g/mol. The maximum atomic E-state index is 13.5. The third-order valence-corrected chi connectivity index (χ3v) is 6.12. The normalized spacial score (nSPS) is 11.4. The van der Waals surface area contributed by atoms with E-state index in [1.54, 1.807) is 31.7 Å². The Morgan fingerprint density at radius 1 is 0.971 bits per heavy atom. The summed E-state index contributed by atoms with van der Waals surface area (Å²) < 4.78 is 17.2. The van der Waals surface area contributed by atoms with Gasteiger partial charge in [-0.15, -0.1) is 0 Å². The quantitative estimate of drug-likeness (QED) is 0.404. The minimum absolute atomic E-state index is 0.182. The van der Waals surface area contributed by atoms with E-state index in [1.165, 1.54) is 9.13 Å². The summed E-state index contributed by atoms with van der Waals surface area (Å²) >= 11 is 0. The van der Waals surface area contributed by atoms with Crippen molar-refractivity contribution in [3.63, 3.8) is 0 Å². The van der Waals surface area contributed by atoms with E-state index < -0.39 is 5.69 Å². The monoisotopic (exact) mass is 459 g/mol. The van der Waals surface area contributed by atoms with Gasteiger partial charge in [-0.05, 0) is 31.5 Å². The molecule has 0 amide bonds. The molecule has 34 heavy (non-hydrogen) atoms. The highest BCUT2D eigenvalue weighted by Gasteiger charge is 2.22. The molecule has 0 saturated heterocycles. The number of aryl methyl sites for hydroxylation is 3. The highest BCUT2D eigenvalue weighted by Crippen LogP contribution is 2.31. The van der Waals surface area contributed by atoms with Gasteiger partial charge in [-0.2, -0.15) is 4.98 Å². The summed E-state index contributed by atoms with van der Waals surface area (Å²) in [5.74, 6) is 1.77. The number of nitrogens with zero attached hydrogens (tertiary/aromatic N) is 5. The van der Waals surface area contributed by atoms with Gasteiger partial charge in [0.1, 0.15) is 11.5 Å². The number of aromatic nitrogens is 5. The number of hydrogen-bond donors (Lipinski definition) is 0. The largest absolute Gasteiger partial charge is 0.497 e. The SMILES string of the molecule is COc1ccc(-n2c(C)cn3c4c(=O)n(Cc5ccc(C)cc5)c(=O)n(C)c4nc23)c(OC)c1. The molecule has 0 bridgehead atoms. The van der Waals surface area contributed by atoms with Crippen LogP contribution in [0, 0.1) is 13.8 Å².